The van der Waals surface area contributed by atoms with Gasteiger partial charge in [-0.2, -0.15) is 0 Å². The van der Waals surface area contributed by atoms with Crippen molar-refractivity contribution in [2.75, 3.05) is 6.61 Å². The van der Waals surface area contributed by atoms with Crippen LogP contribution in [0.15, 0.2) is 45.8 Å². The number of amides is 2. The van der Waals surface area contributed by atoms with Crippen LogP contribution in [0.25, 0.3) is 0 Å². The summed E-state index contributed by atoms with van der Waals surface area (Å²) in [6, 6.07) is 6.93. The van der Waals surface area contributed by atoms with Crippen LogP contribution in [-0.2, 0) is 11.2 Å². The van der Waals surface area contributed by atoms with E-state index in [1.807, 2.05) is 0 Å². The molecule has 36 heavy (non-hydrogen) atoms. The molecule has 0 fully saturated rings. The average molecular weight is 572 g/mol. The van der Waals surface area contributed by atoms with Crippen LogP contribution in [0.1, 0.15) is 48.4 Å². The maximum atomic E-state index is 13.5. The minimum absolute atomic E-state index is 0.0181. The summed E-state index contributed by atoms with van der Waals surface area (Å²) >= 11 is 24.6. The summed E-state index contributed by atoms with van der Waals surface area (Å²) in [6.07, 6.45) is 0.672. The summed E-state index contributed by atoms with van der Waals surface area (Å²) in [5, 5.41) is -1.06. The van der Waals surface area contributed by atoms with Crippen LogP contribution in [0.2, 0.25) is 20.1 Å². The highest BCUT2D eigenvalue weighted by Crippen LogP contribution is 2.45. The molecule has 1 aromatic heterocycles. The molecule has 2 heterocycles. The third-order valence-electron chi connectivity index (χ3n) is 5.36. The zero-order valence-electron chi connectivity index (χ0n) is 18.2. The number of nitrogens with zero attached hydrogens (tertiary/aromatic N) is 2. The first-order chi connectivity index (χ1) is 17.1. The summed E-state index contributed by atoms with van der Waals surface area (Å²) < 4.78 is 10.2. The van der Waals surface area contributed by atoms with Crippen molar-refractivity contribution in [1.29, 1.82) is 0 Å². The van der Waals surface area contributed by atoms with Crippen LogP contribution < -0.4 is 5.63 Å². The molecule has 9 nitrogen and oxygen atoms in total. The first-order valence-electron chi connectivity index (χ1n) is 10.3. The van der Waals surface area contributed by atoms with E-state index in [2.05, 4.69) is 0 Å². The van der Waals surface area contributed by atoms with Gasteiger partial charge in [-0.25, -0.2) is 9.59 Å². The van der Waals surface area contributed by atoms with E-state index in [9.17, 15) is 24.0 Å². The van der Waals surface area contributed by atoms with Gasteiger partial charge in [-0.3, -0.25) is 19.3 Å². The molecular weight excluding hydrogens is 558 g/mol. The third-order valence-corrected chi connectivity index (χ3v) is 7.16. The Morgan fingerprint density at radius 1 is 0.917 bits per heavy atom. The van der Waals surface area contributed by atoms with Gasteiger partial charge in [0.05, 0.1) is 44.0 Å². The number of aromatic nitrogens is 1. The molecule has 0 radical (unpaired) electrons. The van der Waals surface area contributed by atoms with E-state index in [-0.39, 0.29) is 44.2 Å². The third kappa shape index (κ3) is 4.32. The highest BCUT2D eigenvalue weighted by molar-refractivity contribution is 6.55. The van der Waals surface area contributed by atoms with Crippen LogP contribution in [-0.4, -0.2) is 46.0 Å². The monoisotopic (exact) mass is 570 g/mol. The molecule has 1 atom stereocenters. The Bertz CT molecular complexity index is 1430. The van der Waals surface area contributed by atoms with E-state index >= 15 is 0 Å². The van der Waals surface area contributed by atoms with Gasteiger partial charge in [-0.1, -0.05) is 76.7 Å². The number of benzene rings is 2. The fraction of sp³-hybridized carbons (Fsp3) is 0.174. The van der Waals surface area contributed by atoms with E-state index < -0.39 is 40.9 Å². The van der Waals surface area contributed by atoms with E-state index in [1.54, 1.807) is 30.3 Å². The second-order valence-corrected chi connectivity index (χ2v) is 9.01. The van der Waals surface area contributed by atoms with Crippen LogP contribution >= 0.6 is 46.4 Å². The summed E-state index contributed by atoms with van der Waals surface area (Å²) in [7, 11) is 0. The topological polar surface area (TPSA) is 116 Å². The summed E-state index contributed by atoms with van der Waals surface area (Å²) in [6.45, 7) is 1.52. The van der Waals surface area contributed by atoms with Crippen LogP contribution in [0.4, 0.5) is 0 Å². The second kappa shape index (κ2) is 10.1. The van der Waals surface area contributed by atoms with Crippen LogP contribution in [0.5, 0.6) is 0 Å². The number of esters is 1. The average Bonchev–Trinajstić information content (AvgIpc) is 3.37. The minimum Gasteiger partial charge on any atom is -0.462 e. The molecule has 2 amide bonds. The van der Waals surface area contributed by atoms with Crippen molar-refractivity contribution in [3.8, 4) is 0 Å². The van der Waals surface area contributed by atoms with Crippen molar-refractivity contribution in [2.24, 2.45) is 0 Å². The smallest absolute Gasteiger partial charge is 0.372 e. The van der Waals surface area contributed by atoms with Crippen LogP contribution in [0.3, 0.4) is 0 Å². The van der Waals surface area contributed by atoms with Gasteiger partial charge in [0.15, 0.2) is 5.56 Å². The zero-order valence-corrected chi connectivity index (χ0v) is 21.2. The maximum Gasteiger partial charge on any atom is 0.372 e. The zero-order chi connectivity index (χ0) is 26.3. The summed E-state index contributed by atoms with van der Waals surface area (Å²) in [5.41, 5.74) is -1.72. The molecule has 13 heteroatoms. The first-order valence-corrected chi connectivity index (χ1v) is 11.8. The number of carbonyl (C=O) groups excluding carboxylic acids is 4. The molecule has 186 valence electrons. The lowest BCUT2D eigenvalue weighted by Gasteiger charge is -2.24. The fourth-order valence-electron chi connectivity index (χ4n) is 3.71. The molecule has 0 bridgehead atoms. The lowest BCUT2D eigenvalue weighted by molar-refractivity contribution is 0.0463. The van der Waals surface area contributed by atoms with Gasteiger partial charge in [-0.15, -0.1) is 4.74 Å². The van der Waals surface area contributed by atoms with E-state index in [4.69, 9.17) is 55.7 Å². The van der Waals surface area contributed by atoms with Gasteiger partial charge in [0, 0.05) is 6.42 Å². The first kappa shape index (κ1) is 26.0. The standard InChI is InChI=1S/C23H14Cl4N2O7/c1-2-35-22(33)11-9-28(36-23(11)34)19(30)12(8-10-6-4-3-5-7-10)29-20(31)13-14(21(29)32)16(25)18(27)17(26)15(13)24/h3-7,9,12H,2,8H2,1H3/t12-/m0/s1. The Balaban J connectivity index is 1.82. The van der Waals surface area contributed by atoms with Crippen molar-refractivity contribution in [3.63, 3.8) is 0 Å². The lowest BCUT2D eigenvalue weighted by atomic mass is 10.0. The SMILES string of the molecule is CCOC(=O)c1cn(C(=O)[C@H](Cc2ccccc2)N2C(=O)c3c(Cl)c(Cl)c(Cl)c(Cl)c3C2=O)oc1=O. The van der Waals surface area contributed by atoms with Gasteiger partial charge in [-0.05, 0) is 12.5 Å². The highest BCUT2D eigenvalue weighted by atomic mass is 35.5. The Kier molecular flexibility index (Phi) is 7.28. The normalized spacial score (nSPS) is 13.6. The number of hydrogen-bond acceptors (Lipinski definition) is 7. The van der Waals surface area contributed by atoms with Crippen molar-refractivity contribution in [2.45, 2.75) is 19.4 Å². The Hall–Kier alpha value is -3.11. The molecule has 0 N–H and O–H groups in total. The van der Waals surface area contributed by atoms with Gasteiger partial charge in [0.25, 0.3) is 17.7 Å². The van der Waals surface area contributed by atoms with Crippen LogP contribution in [0, 0.1) is 0 Å². The Morgan fingerprint density at radius 2 is 1.47 bits per heavy atom. The molecule has 0 saturated heterocycles. The van der Waals surface area contributed by atoms with Gasteiger partial charge < -0.3 is 9.26 Å². The van der Waals surface area contributed by atoms with Gasteiger partial charge in [0.1, 0.15) is 6.04 Å². The van der Waals surface area contributed by atoms with Crippen molar-refractivity contribution in [3.05, 3.63) is 89.3 Å². The molecular formula is C23H14Cl4N2O7. The lowest BCUT2D eigenvalue weighted by Crippen LogP contribution is -2.48. The van der Waals surface area contributed by atoms with Gasteiger partial charge in [0.2, 0.25) is 0 Å². The number of ether oxygens (including phenoxy) is 1. The summed E-state index contributed by atoms with van der Waals surface area (Å²) in [5.74, 6) is -3.89. The Labute approximate surface area is 223 Å². The highest BCUT2D eigenvalue weighted by Gasteiger charge is 2.47. The van der Waals surface area contributed by atoms with E-state index in [0.717, 1.165) is 6.20 Å². The Morgan fingerprint density at radius 3 is 2.00 bits per heavy atom. The molecule has 2 aromatic carbocycles. The number of rotatable bonds is 6. The molecule has 0 unspecified atom stereocenters. The molecule has 1 aliphatic rings. The van der Waals surface area contributed by atoms with Crippen molar-refractivity contribution in [1.82, 2.24) is 9.64 Å². The molecule has 0 spiro atoms. The molecule has 1 aliphatic heterocycles. The number of halogens is 4. The van der Waals surface area contributed by atoms with E-state index in [0.29, 0.717) is 15.2 Å². The number of hydrogen-bond donors (Lipinski definition) is 0. The largest absolute Gasteiger partial charge is 0.462 e. The second-order valence-electron chi connectivity index (χ2n) is 7.50. The van der Waals surface area contributed by atoms with Crippen molar-refractivity contribution < 1.29 is 28.4 Å². The molecule has 0 saturated carbocycles. The minimum atomic E-state index is -1.53. The summed E-state index contributed by atoms with van der Waals surface area (Å²) in [4.78, 5) is 65.2. The van der Waals surface area contributed by atoms with E-state index in [1.165, 1.54) is 6.92 Å². The molecule has 4 rings (SSSR count). The quantitative estimate of drug-likeness (QED) is 0.181. The molecule has 0 aliphatic carbocycles. The number of carbonyl (C=O) groups is 4. The van der Waals surface area contributed by atoms with Gasteiger partial charge >= 0.3 is 11.6 Å². The number of fused-ring (bicyclic) bond motifs is 1. The fourth-order valence-corrected chi connectivity index (χ4v) is 4.73. The predicted molar refractivity (Wildman–Crippen MR) is 130 cm³/mol. The van der Waals surface area contributed by atoms with Crippen molar-refractivity contribution >= 4 is 70.1 Å². The maximum absolute atomic E-state index is 13.5. The number of imide groups is 1. The molecule has 3 aromatic rings. The predicted octanol–water partition coefficient (Wildman–Crippen LogP) is 4.78.